The Morgan fingerprint density at radius 1 is 1.67 bits per heavy atom. The SMILES string of the molecule is CCCC1=[C]([Zr])CC=C1. The zero-order valence-electron chi connectivity index (χ0n) is 5.78. The van der Waals surface area contributed by atoms with Gasteiger partial charge in [-0.25, -0.2) is 0 Å². The summed E-state index contributed by atoms with van der Waals surface area (Å²) in [7, 11) is 0. The molecule has 0 atom stereocenters. The van der Waals surface area contributed by atoms with Crippen molar-refractivity contribution >= 4 is 0 Å². The molecule has 1 rings (SSSR count). The van der Waals surface area contributed by atoms with Gasteiger partial charge in [-0.3, -0.25) is 0 Å². The molecule has 0 aliphatic heterocycles. The predicted octanol–water partition coefficient (Wildman–Crippen LogP) is 2.55. The second-order valence-electron chi connectivity index (χ2n) is 2.36. The number of hydrogen-bond acceptors (Lipinski definition) is 0. The van der Waals surface area contributed by atoms with Crippen LogP contribution in [0.3, 0.4) is 0 Å². The van der Waals surface area contributed by atoms with Crippen LogP contribution in [0.5, 0.6) is 0 Å². The number of rotatable bonds is 2. The van der Waals surface area contributed by atoms with Gasteiger partial charge in [0.1, 0.15) is 0 Å². The molecule has 0 aromatic carbocycles. The molecular formula is C8H11Zr. The predicted molar refractivity (Wildman–Crippen MR) is 35.7 cm³/mol. The third-order valence-corrected chi connectivity index (χ3v) is 2.84. The van der Waals surface area contributed by atoms with Crippen molar-refractivity contribution in [3.05, 3.63) is 21.0 Å². The molecule has 0 nitrogen and oxygen atoms in total. The van der Waals surface area contributed by atoms with Crippen LogP contribution in [0.15, 0.2) is 21.0 Å². The van der Waals surface area contributed by atoms with Crippen LogP contribution >= 0.6 is 0 Å². The van der Waals surface area contributed by atoms with Gasteiger partial charge in [0.15, 0.2) is 0 Å². The van der Waals surface area contributed by atoms with Crippen LogP contribution in [-0.2, 0) is 24.7 Å². The molecule has 0 N–H and O–H groups in total. The summed E-state index contributed by atoms with van der Waals surface area (Å²) in [4.78, 5) is 0. The van der Waals surface area contributed by atoms with E-state index in [1.807, 2.05) is 0 Å². The standard InChI is InChI=1S/C8H11.Zr/c1-2-5-8-6-3-4-7-8;/h3,6H,2,4-5H2,1H3;. The molecule has 0 saturated heterocycles. The molecule has 0 unspecified atom stereocenters. The second-order valence-corrected chi connectivity index (χ2v) is 3.84. The van der Waals surface area contributed by atoms with E-state index >= 15 is 0 Å². The van der Waals surface area contributed by atoms with Crippen LogP contribution < -0.4 is 0 Å². The van der Waals surface area contributed by atoms with Crippen molar-refractivity contribution in [2.45, 2.75) is 26.2 Å². The van der Waals surface area contributed by atoms with Crippen molar-refractivity contribution in [1.29, 1.82) is 0 Å². The molecule has 1 aliphatic carbocycles. The average molecular weight is 198 g/mol. The molecule has 0 radical (unpaired) electrons. The summed E-state index contributed by atoms with van der Waals surface area (Å²) in [6.07, 6.45) is 8.37. The minimum absolute atomic E-state index is 1.23. The van der Waals surface area contributed by atoms with E-state index in [-0.39, 0.29) is 0 Å². The summed E-state index contributed by atoms with van der Waals surface area (Å²) < 4.78 is 1.66. The van der Waals surface area contributed by atoms with Crippen LogP contribution in [0.2, 0.25) is 0 Å². The maximum atomic E-state index is 2.29. The summed E-state index contributed by atoms with van der Waals surface area (Å²) in [5, 5.41) is 0. The Morgan fingerprint density at radius 2 is 2.44 bits per heavy atom. The van der Waals surface area contributed by atoms with Gasteiger partial charge in [-0.05, 0) is 0 Å². The molecule has 0 heterocycles. The van der Waals surface area contributed by atoms with Crippen LogP contribution in [0.25, 0.3) is 0 Å². The molecule has 0 spiro atoms. The molecule has 0 bridgehead atoms. The zero-order valence-corrected chi connectivity index (χ0v) is 8.23. The Balaban J connectivity index is 2.54. The summed E-state index contributed by atoms with van der Waals surface area (Å²) in [6.45, 7) is 2.24. The van der Waals surface area contributed by atoms with Gasteiger partial charge in [-0.2, -0.15) is 0 Å². The van der Waals surface area contributed by atoms with E-state index in [4.69, 9.17) is 0 Å². The number of allylic oxidation sites excluding steroid dienone is 4. The Labute approximate surface area is 71.9 Å². The zero-order chi connectivity index (χ0) is 6.69. The minimum atomic E-state index is 1.23. The molecule has 1 heteroatoms. The van der Waals surface area contributed by atoms with Crippen molar-refractivity contribution < 1.29 is 24.7 Å². The Morgan fingerprint density at radius 3 is 2.89 bits per heavy atom. The molecule has 47 valence electrons. The fraction of sp³-hybridized carbons (Fsp3) is 0.500. The summed E-state index contributed by atoms with van der Waals surface area (Å²) in [6, 6.07) is 0. The van der Waals surface area contributed by atoms with Crippen molar-refractivity contribution in [3.8, 4) is 0 Å². The molecule has 9 heavy (non-hydrogen) atoms. The monoisotopic (exact) mass is 197 g/mol. The first-order valence-corrected chi connectivity index (χ1v) is 4.67. The van der Waals surface area contributed by atoms with Gasteiger partial charge in [-0.1, -0.05) is 0 Å². The number of hydrogen-bond donors (Lipinski definition) is 0. The van der Waals surface area contributed by atoms with Crippen LogP contribution in [0, 0.1) is 0 Å². The summed E-state index contributed by atoms with van der Waals surface area (Å²) in [5.41, 5.74) is 1.61. The van der Waals surface area contributed by atoms with Crippen molar-refractivity contribution in [2.75, 3.05) is 0 Å². The quantitative estimate of drug-likeness (QED) is 0.640. The van der Waals surface area contributed by atoms with E-state index in [9.17, 15) is 0 Å². The van der Waals surface area contributed by atoms with Crippen LogP contribution in [-0.4, -0.2) is 0 Å². The maximum absolute atomic E-state index is 2.29. The van der Waals surface area contributed by atoms with E-state index in [1.54, 1.807) is 33.6 Å². The van der Waals surface area contributed by atoms with Gasteiger partial charge in [0.2, 0.25) is 0 Å². The Kier molecular flexibility index (Phi) is 2.91. The fourth-order valence-corrected chi connectivity index (χ4v) is 1.86. The second kappa shape index (κ2) is 3.51. The Bertz CT molecular complexity index is 154. The normalized spacial score (nSPS) is 17.3. The molecule has 1 aliphatic rings. The van der Waals surface area contributed by atoms with Crippen LogP contribution in [0.1, 0.15) is 26.2 Å². The molecule has 0 aromatic heterocycles. The topological polar surface area (TPSA) is 0 Å². The van der Waals surface area contributed by atoms with Crippen molar-refractivity contribution in [3.63, 3.8) is 0 Å². The first-order chi connectivity index (χ1) is 4.34. The van der Waals surface area contributed by atoms with Gasteiger partial charge >= 0.3 is 71.9 Å². The molecule has 0 amide bonds. The van der Waals surface area contributed by atoms with E-state index in [0.717, 1.165) is 0 Å². The van der Waals surface area contributed by atoms with E-state index in [1.165, 1.54) is 19.3 Å². The third-order valence-electron chi connectivity index (χ3n) is 1.55. The summed E-state index contributed by atoms with van der Waals surface area (Å²) >= 11 is 1.61. The van der Waals surface area contributed by atoms with Crippen molar-refractivity contribution in [2.24, 2.45) is 0 Å². The molecular weight excluding hydrogens is 187 g/mol. The van der Waals surface area contributed by atoms with Gasteiger partial charge < -0.3 is 0 Å². The third kappa shape index (κ3) is 1.90. The average Bonchev–Trinajstić information content (AvgIpc) is 2.18. The molecule has 0 saturated carbocycles. The van der Waals surface area contributed by atoms with Gasteiger partial charge in [0, 0.05) is 0 Å². The summed E-state index contributed by atoms with van der Waals surface area (Å²) in [5.74, 6) is 0. The van der Waals surface area contributed by atoms with Gasteiger partial charge in [0.05, 0.1) is 0 Å². The van der Waals surface area contributed by atoms with Crippen LogP contribution in [0.4, 0.5) is 0 Å². The van der Waals surface area contributed by atoms with Gasteiger partial charge in [0.25, 0.3) is 0 Å². The molecule has 0 fully saturated rings. The van der Waals surface area contributed by atoms with Crippen molar-refractivity contribution in [1.82, 2.24) is 0 Å². The fourth-order valence-electron chi connectivity index (χ4n) is 1.05. The molecule has 0 aromatic rings. The van der Waals surface area contributed by atoms with E-state index in [0.29, 0.717) is 0 Å². The van der Waals surface area contributed by atoms with E-state index < -0.39 is 0 Å². The Hall–Kier alpha value is 0.363. The first kappa shape index (κ1) is 7.47. The first-order valence-electron chi connectivity index (χ1n) is 3.44. The van der Waals surface area contributed by atoms with E-state index in [2.05, 4.69) is 19.1 Å². The van der Waals surface area contributed by atoms with Gasteiger partial charge in [-0.15, -0.1) is 0 Å².